The Bertz CT molecular complexity index is 738. The molecule has 8 heteroatoms. The number of rotatable bonds is 7. The topological polar surface area (TPSA) is 81.7 Å². The Morgan fingerprint density at radius 1 is 1.17 bits per heavy atom. The molecule has 0 aliphatic rings. The van der Waals surface area contributed by atoms with Gasteiger partial charge >= 0.3 is 0 Å². The van der Waals surface area contributed by atoms with Crippen LogP contribution in [0, 0.1) is 0 Å². The molecule has 0 saturated heterocycles. The first-order valence-corrected chi connectivity index (χ1v) is 8.54. The van der Waals surface area contributed by atoms with Crippen LogP contribution < -0.4 is 0 Å². The number of benzene rings is 1. The van der Waals surface area contributed by atoms with Crippen LogP contribution in [0.2, 0.25) is 0 Å². The quantitative estimate of drug-likeness (QED) is 0.661. The number of nitrogens with zero attached hydrogens (tertiary/aromatic N) is 6. The number of aromatic nitrogens is 6. The maximum absolute atomic E-state index is 9.23. The normalized spacial score (nSPS) is 11.0. The van der Waals surface area contributed by atoms with E-state index in [1.165, 1.54) is 11.2 Å². The fourth-order valence-electron chi connectivity index (χ4n) is 2.26. The van der Waals surface area contributed by atoms with Gasteiger partial charge in [-0.1, -0.05) is 12.1 Å². The molecule has 0 aliphatic carbocycles. The molecule has 2 heterocycles. The molecule has 0 saturated carbocycles. The van der Waals surface area contributed by atoms with Gasteiger partial charge < -0.3 is 5.11 Å². The molecule has 1 N–H and O–H groups in total. The fourth-order valence-corrected chi connectivity index (χ4v) is 2.67. The molecule has 3 aromatic rings. The van der Waals surface area contributed by atoms with Crippen LogP contribution in [0.25, 0.3) is 11.4 Å². The highest BCUT2D eigenvalue weighted by Gasteiger charge is 2.11. The lowest BCUT2D eigenvalue weighted by Crippen LogP contribution is -2.11. The molecule has 7 nitrogen and oxygen atoms in total. The van der Waals surface area contributed by atoms with Crippen LogP contribution in [0.4, 0.5) is 0 Å². The Labute approximate surface area is 138 Å². The molecule has 23 heavy (non-hydrogen) atoms. The van der Waals surface area contributed by atoms with E-state index in [1.54, 1.807) is 27.5 Å². The zero-order chi connectivity index (χ0) is 16.1. The van der Waals surface area contributed by atoms with Gasteiger partial charge in [0.2, 0.25) is 0 Å². The molecule has 1 aromatic carbocycles. The average Bonchev–Trinajstić information content (AvgIpc) is 3.23. The van der Waals surface area contributed by atoms with Crippen molar-refractivity contribution < 1.29 is 5.11 Å². The van der Waals surface area contributed by atoms with E-state index in [0.29, 0.717) is 25.3 Å². The summed E-state index contributed by atoms with van der Waals surface area (Å²) in [5, 5.41) is 17.8. The molecule has 0 fully saturated rings. The van der Waals surface area contributed by atoms with Crippen LogP contribution in [-0.2, 0) is 19.5 Å². The van der Waals surface area contributed by atoms with E-state index in [0.717, 1.165) is 11.4 Å². The smallest absolute Gasteiger partial charge is 0.181 e. The molecule has 0 aliphatic heterocycles. The number of hydrogen-bond acceptors (Lipinski definition) is 6. The van der Waals surface area contributed by atoms with E-state index in [-0.39, 0.29) is 6.61 Å². The van der Waals surface area contributed by atoms with Crippen molar-refractivity contribution in [3.63, 3.8) is 0 Å². The van der Waals surface area contributed by atoms with Gasteiger partial charge in [0.1, 0.15) is 18.5 Å². The maximum atomic E-state index is 9.23. The molecule has 3 rings (SSSR count). The summed E-state index contributed by atoms with van der Waals surface area (Å²) in [6.45, 7) is 1.14. The van der Waals surface area contributed by atoms with Crippen LogP contribution in [0.3, 0.4) is 0 Å². The van der Waals surface area contributed by atoms with Crippen molar-refractivity contribution in [2.24, 2.45) is 0 Å². The van der Waals surface area contributed by atoms with E-state index in [4.69, 9.17) is 0 Å². The largest absolute Gasteiger partial charge is 0.394 e. The van der Waals surface area contributed by atoms with Gasteiger partial charge in [-0.05, 0) is 18.4 Å². The van der Waals surface area contributed by atoms with Crippen molar-refractivity contribution in [2.75, 3.05) is 12.9 Å². The summed E-state index contributed by atoms with van der Waals surface area (Å²) in [7, 11) is 0. The Hall–Kier alpha value is -2.19. The monoisotopic (exact) mass is 330 g/mol. The molecular weight excluding hydrogens is 312 g/mol. The van der Waals surface area contributed by atoms with Crippen molar-refractivity contribution in [3.05, 3.63) is 42.7 Å². The standard InChI is InChI=1S/C15H18N6OS/c1-23-13-4-2-12(3-5-13)15-18-14(21(19-15)8-9-22)6-7-20-11-16-10-17-20/h2-5,10-11,22H,6-9H2,1H3. The van der Waals surface area contributed by atoms with Gasteiger partial charge in [-0.2, -0.15) is 10.2 Å². The summed E-state index contributed by atoms with van der Waals surface area (Å²) >= 11 is 1.70. The van der Waals surface area contributed by atoms with E-state index in [1.807, 2.05) is 18.4 Å². The van der Waals surface area contributed by atoms with E-state index in [9.17, 15) is 5.11 Å². The van der Waals surface area contributed by atoms with E-state index in [2.05, 4.69) is 32.3 Å². The summed E-state index contributed by atoms with van der Waals surface area (Å²) in [4.78, 5) is 9.76. The highest BCUT2D eigenvalue weighted by molar-refractivity contribution is 7.98. The highest BCUT2D eigenvalue weighted by Crippen LogP contribution is 2.21. The number of aliphatic hydroxyl groups is 1. The van der Waals surface area contributed by atoms with Crippen LogP contribution in [0.15, 0.2) is 41.8 Å². The van der Waals surface area contributed by atoms with Crippen LogP contribution in [-0.4, -0.2) is 47.5 Å². The summed E-state index contributed by atoms with van der Waals surface area (Å²) < 4.78 is 3.51. The van der Waals surface area contributed by atoms with E-state index < -0.39 is 0 Å². The minimum Gasteiger partial charge on any atom is -0.394 e. The van der Waals surface area contributed by atoms with E-state index >= 15 is 0 Å². The van der Waals surface area contributed by atoms with Crippen LogP contribution in [0.5, 0.6) is 0 Å². The molecule has 0 spiro atoms. The first-order chi connectivity index (χ1) is 11.3. The van der Waals surface area contributed by atoms with Crippen LogP contribution >= 0.6 is 11.8 Å². The molecule has 0 radical (unpaired) electrons. The van der Waals surface area contributed by atoms with Crippen molar-refractivity contribution >= 4 is 11.8 Å². The molecular formula is C15H18N6OS. The number of aliphatic hydroxyl groups excluding tert-OH is 1. The second-order valence-corrected chi connectivity index (χ2v) is 5.82. The van der Waals surface area contributed by atoms with Gasteiger partial charge in [-0.15, -0.1) is 11.8 Å². The van der Waals surface area contributed by atoms with Crippen molar-refractivity contribution in [2.45, 2.75) is 24.4 Å². The molecule has 0 amide bonds. The van der Waals surface area contributed by atoms with Gasteiger partial charge in [0, 0.05) is 23.4 Å². The zero-order valence-electron chi connectivity index (χ0n) is 12.8. The lowest BCUT2D eigenvalue weighted by Gasteiger charge is -2.03. The second-order valence-electron chi connectivity index (χ2n) is 4.94. The predicted molar refractivity (Wildman–Crippen MR) is 88.1 cm³/mol. The molecule has 0 bridgehead atoms. The van der Waals surface area contributed by atoms with Gasteiger partial charge in [0.15, 0.2) is 5.82 Å². The Morgan fingerprint density at radius 2 is 2.00 bits per heavy atom. The second kappa shape index (κ2) is 7.38. The maximum Gasteiger partial charge on any atom is 0.181 e. The lowest BCUT2D eigenvalue weighted by atomic mass is 10.2. The minimum absolute atomic E-state index is 0.0323. The molecule has 0 atom stereocenters. The Kier molecular flexibility index (Phi) is 5.04. The molecule has 2 aromatic heterocycles. The lowest BCUT2D eigenvalue weighted by molar-refractivity contribution is 0.266. The Balaban J connectivity index is 1.81. The zero-order valence-corrected chi connectivity index (χ0v) is 13.6. The van der Waals surface area contributed by atoms with Crippen molar-refractivity contribution in [3.8, 4) is 11.4 Å². The van der Waals surface area contributed by atoms with Gasteiger partial charge in [-0.3, -0.25) is 4.68 Å². The minimum atomic E-state index is 0.0323. The van der Waals surface area contributed by atoms with Gasteiger partial charge in [0.25, 0.3) is 0 Å². The first-order valence-electron chi connectivity index (χ1n) is 7.31. The summed E-state index contributed by atoms with van der Waals surface area (Å²) in [6.07, 6.45) is 5.91. The van der Waals surface area contributed by atoms with Crippen molar-refractivity contribution in [1.82, 2.24) is 29.5 Å². The first kappa shape index (κ1) is 15.7. The number of thioether (sulfide) groups is 1. The predicted octanol–water partition coefficient (Wildman–Crippen LogP) is 1.49. The average molecular weight is 330 g/mol. The van der Waals surface area contributed by atoms with Gasteiger partial charge in [-0.25, -0.2) is 14.6 Å². The third kappa shape index (κ3) is 3.77. The SMILES string of the molecule is CSc1ccc(-c2nc(CCn3cncn3)n(CCO)n2)cc1. The fraction of sp³-hybridized carbons (Fsp3) is 0.333. The Morgan fingerprint density at radius 3 is 2.65 bits per heavy atom. The summed E-state index contributed by atoms with van der Waals surface area (Å²) in [6, 6.07) is 8.15. The number of hydrogen-bond donors (Lipinski definition) is 1. The summed E-state index contributed by atoms with van der Waals surface area (Å²) in [5.74, 6) is 1.51. The van der Waals surface area contributed by atoms with Crippen molar-refractivity contribution in [1.29, 1.82) is 0 Å². The van der Waals surface area contributed by atoms with Gasteiger partial charge in [0.05, 0.1) is 13.2 Å². The third-order valence-electron chi connectivity index (χ3n) is 3.44. The van der Waals surface area contributed by atoms with Crippen LogP contribution in [0.1, 0.15) is 5.82 Å². The number of aryl methyl sites for hydroxylation is 2. The molecule has 120 valence electrons. The third-order valence-corrected chi connectivity index (χ3v) is 4.18. The molecule has 0 unspecified atom stereocenters. The highest BCUT2D eigenvalue weighted by atomic mass is 32.2. The summed E-state index contributed by atoms with van der Waals surface area (Å²) in [5.41, 5.74) is 0.974.